The average molecular weight is 524 g/mol. The molecule has 41 heavy (non-hydrogen) atoms. The first-order valence-electron chi connectivity index (χ1n) is 13.7. The molecule has 0 N–H and O–H groups in total. The Balaban J connectivity index is 1.54. The molecule has 0 fully saturated rings. The Kier molecular flexibility index (Phi) is 4.37. The molecule has 0 aliphatic heterocycles. The van der Waals surface area contributed by atoms with E-state index in [-0.39, 0.29) is 0 Å². The zero-order valence-corrected chi connectivity index (χ0v) is 21.9. The van der Waals surface area contributed by atoms with Crippen LogP contribution < -0.4 is 0 Å². The first kappa shape index (κ1) is 22.1. The van der Waals surface area contributed by atoms with E-state index in [4.69, 9.17) is 4.42 Å². The van der Waals surface area contributed by atoms with E-state index < -0.39 is 0 Å². The van der Waals surface area contributed by atoms with Gasteiger partial charge >= 0.3 is 0 Å². The van der Waals surface area contributed by atoms with Crippen molar-refractivity contribution in [2.45, 2.75) is 0 Å². The third-order valence-electron chi connectivity index (χ3n) is 8.32. The minimum atomic E-state index is 0.627. The average Bonchev–Trinajstić information content (AvgIpc) is 3.68. The number of rotatable bonds is 2. The van der Waals surface area contributed by atoms with Crippen LogP contribution in [0.15, 0.2) is 132 Å². The predicted molar refractivity (Wildman–Crippen MR) is 167 cm³/mol. The fourth-order valence-corrected chi connectivity index (χ4v) is 6.64. The van der Waals surface area contributed by atoms with Gasteiger partial charge in [-0.2, -0.15) is 5.26 Å². The minimum absolute atomic E-state index is 0.627. The third-order valence-corrected chi connectivity index (χ3v) is 8.32. The molecule has 0 spiro atoms. The number of aromatic nitrogens is 2. The maximum absolute atomic E-state index is 9.53. The second-order valence-electron chi connectivity index (χ2n) is 10.5. The topological polar surface area (TPSA) is 46.8 Å². The van der Waals surface area contributed by atoms with Gasteiger partial charge in [0.15, 0.2) is 0 Å². The van der Waals surface area contributed by atoms with Gasteiger partial charge in [0.1, 0.15) is 11.2 Å². The first-order chi connectivity index (χ1) is 20.3. The summed E-state index contributed by atoms with van der Waals surface area (Å²) >= 11 is 0. The van der Waals surface area contributed by atoms with Crippen LogP contribution in [0.3, 0.4) is 0 Å². The molecule has 0 saturated heterocycles. The van der Waals surface area contributed by atoms with E-state index in [9.17, 15) is 5.26 Å². The normalized spacial score (nSPS) is 11.9. The minimum Gasteiger partial charge on any atom is -0.455 e. The van der Waals surface area contributed by atoms with E-state index in [0.29, 0.717) is 5.56 Å². The number of benzene rings is 6. The highest BCUT2D eigenvalue weighted by molar-refractivity contribution is 6.30. The van der Waals surface area contributed by atoms with Gasteiger partial charge in [-0.25, -0.2) is 0 Å². The van der Waals surface area contributed by atoms with Gasteiger partial charge in [-0.05, 0) is 72.8 Å². The molecular formula is C37H21N3O. The van der Waals surface area contributed by atoms with Crippen LogP contribution in [0.25, 0.3) is 76.9 Å². The second-order valence-corrected chi connectivity index (χ2v) is 10.5. The Labute approximate surface area is 234 Å². The quantitative estimate of drug-likeness (QED) is 0.226. The molecule has 0 amide bonds. The monoisotopic (exact) mass is 523 g/mol. The maximum atomic E-state index is 9.53. The number of para-hydroxylation sites is 3. The smallest absolute Gasteiger partial charge is 0.145 e. The van der Waals surface area contributed by atoms with Crippen molar-refractivity contribution in [3.05, 3.63) is 133 Å². The molecule has 4 heteroatoms. The molecule has 9 rings (SSSR count). The van der Waals surface area contributed by atoms with Gasteiger partial charge in [0.2, 0.25) is 0 Å². The fourth-order valence-electron chi connectivity index (χ4n) is 6.64. The standard InChI is InChI=1S/C37H21N3O/c38-22-23-15-20-33-29(21-23)26-16-18-32-35(37(26)41-33)28-17-19-31-34(36(28)40(32)25-11-5-2-6-12-25)27-13-7-8-14-30(27)39(31)24-9-3-1-4-10-24/h1-21H. The molecule has 0 aliphatic rings. The fraction of sp³-hybridized carbons (Fsp3) is 0. The zero-order valence-electron chi connectivity index (χ0n) is 21.9. The molecule has 0 bridgehead atoms. The van der Waals surface area contributed by atoms with E-state index in [1.54, 1.807) is 0 Å². The highest BCUT2D eigenvalue weighted by Gasteiger charge is 2.23. The summed E-state index contributed by atoms with van der Waals surface area (Å²) in [6, 6.07) is 46.5. The number of hydrogen-bond acceptors (Lipinski definition) is 2. The molecule has 0 unspecified atom stereocenters. The van der Waals surface area contributed by atoms with Gasteiger partial charge in [0.25, 0.3) is 0 Å². The van der Waals surface area contributed by atoms with E-state index in [1.807, 2.05) is 18.2 Å². The molecule has 0 saturated carbocycles. The lowest BCUT2D eigenvalue weighted by Crippen LogP contribution is -1.95. The summed E-state index contributed by atoms with van der Waals surface area (Å²) in [4.78, 5) is 0. The van der Waals surface area contributed by atoms with Crippen molar-refractivity contribution in [3.63, 3.8) is 0 Å². The number of nitrogens with zero attached hydrogens (tertiary/aromatic N) is 3. The van der Waals surface area contributed by atoms with Crippen LogP contribution in [0.5, 0.6) is 0 Å². The van der Waals surface area contributed by atoms with E-state index >= 15 is 0 Å². The van der Waals surface area contributed by atoms with Gasteiger partial charge in [-0.3, -0.25) is 0 Å². The predicted octanol–water partition coefficient (Wildman–Crippen LogP) is 9.65. The van der Waals surface area contributed by atoms with Gasteiger partial charge in [0.05, 0.1) is 39.1 Å². The molecule has 3 heterocycles. The molecular weight excluding hydrogens is 502 g/mol. The van der Waals surface area contributed by atoms with E-state index in [1.165, 1.54) is 16.3 Å². The van der Waals surface area contributed by atoms with Crippen LogP contribution in [-0.4, -0.2) is 9.13 Å². The van der Waals surface area contributed by atoms with Crippen molar-refractivity contribution in [3.8, 4) is 17.4 Å². The largest absolute Gasteiger partial charge is 0.455 e. The number of nitriles is 1. The van der Waals surface area contributed by atoms with Gasteiger partial charge in [-0.1, -0.05) is 54.6 Å². The van der Waals surface area contributed by atoms with Crippen LogP contribution in [0.1, 0.15) is 5.56 Å². The van der Waals surface area contributed by atoms with Gasteiger partial charge in [0, 0.05) is 38.3 Å². The Hall–Kier alpha value is -5.79. The summed E-state index contributed by atoms with van der Waals surface area (Å²) in [5.74, 6) is 0. The number of hydrogen-bond donors (Lipinski definition) is 0. The molecule has 9 aromatic rings. The molecule has 190 valence electrons. The van der Waals surface area contributed by atoms with Crippen LogP contribution in [0, 0.1) is 11.3 Å². The van der Waals surface area contributed by atoms with Crippen molar-refractivity contribution >= 4 is 65.6 Å². The molecule has 4 nitrogen and oxygen atoms in total. The summed E-state index contributed by atoms with van der Waals surface area (Å²) < 4.78 is 11.3. The molecule has 6 aromatic carbocycles. The highest BCUT2D eigenvalue weighted by atomic mass is 16.3. The van der Waals surface area contributed by atoms with E-state index in [2.05, 4.69) is 124 Å². The Morgan fingerprint density at radius 2 is 1.17 bits per heavy atom. The molecule has 0 aliphatic carbocycles. The lowest BCUT2D eigenvalue weighted by molar-refractivity contribution is 0.673. The molecule has 0 atom stereocenters. The van der Waals surface area contributed by atoms with Crippen LogP contribution in [0.2, 0.25) is 0 Å². The summed E-state index contributed by atoms with van der Waals surface area (Å²) in [5, 5.41) is 16.1. The zero-order chi connectivity index (χ0) is 27.1. The molecule has 0 radical (unpaired) electrons. The summed E-state index contributed by atoms with van der Waals surface area (Å²) in [5.41, 5.74) is 9.05. The Morgan fingerprint density at radius 1 is 0.512 bits per heavy atom. The number of fused-ring (bicyclic) bond motifs is 11. The first-order valence-corrected chi connectivity index (χ1v) is 13.7. The van der Waals surface area contributed by atoms with Crippen LogP contribution in [0.4, 0.5) is 0 Å². The summed E-state index contributed by atoms with van der Waals surface area (Å²) in [6.07, 6.45) is 0. The van der Waals surface area contributed by atoms with Gasteiger partial charge < -0.3 is 13.6 Å². The third kappa shape index (κ3) is 2.92. The van der Waals surface area contributed by atoms with Crippen molar-refractivity contribution < 1.29 is 4.42 Å². The van der Waals surface area contributed by atoms with Crippen molar-refractivity contribution in [2.24, 2.45) is 0 Å². The van der Waals surface area contributed by atoms with Crippen molar-refractivity contribution in [1.82, 2.24) is 9.13 Å². The van der Waals surface area contributed by atoms with Crippen LogP contribution >= 0.6 is 0 Å². The lowest BCUT2D eigenvalue weighted by atomic mass is 10.0. The maximum Gasteiger partial charge on any atom is 0.145 e. The molecule has 3 aromatic heterocycles. The summed E-state index contributed by atoms with van der Waals surface area (Å²) in [6.45, 7) is 0. The SMILES string of the molecule is N#Cc1ccc2oc3c(ccc4c3c3ccc5c(c6ccccc6n5-c5ccccc5)c3n4-c3ccccc3)c2c1. The van der Waals surface area contributed by atoms with Crippen molar-refractivity contribution in [1.29, 1.82) is 5.26 Å². The Bertz CT molecular complexity index is 2520. The second kappa shape index (κ2) is 8.11. The summed E-state index contributed by atoms with van der Waals surface area (Å²) in [7, 11) is 0. The number of furan rings is 1. The van der Waals surface area contributed by atoms with Gasteiger partial charge in [-0.15, -0.1) is 0 Å². The van der Waals surface area contributed by atoms with E-state index in [0.717, 1.165) is 60.6 Å². The van der Waals surface area contributed by atoms with Crippen molar-refractivity contribution in [2.75, 3.05) is 0 Å². The van der Waals surface area contributed by atoms with Crippen LogP contribution in [-0.2, 0) is 0 Å². The lowest BCUT2D eigenvalue weighted by Gasteiger charge is -2.10. The highest BCUT2D eigenvalue weighted by Crippen LogP contribution is 2.45. The Morgan fingerprint density at radius 3 is 1.93 bits per heavy atom.